The van der Waals surface area contributed by atoms with Crippen molar-refractivity contribution in [2.24, 2.45) is 19.1 Å². The van der Waals surface area contributed by atoms with E-state index in [-0.39, 0.29) is 0 Å². The molecule has 2 rings (SSSR count). The highest BCUT2D eigenvalue weighted by molar-refractivity contribution is 5.89. The molecule has 0 unspecified atom stereocenters. The standard InChI is InChI=1S/C14H18N3O/c1-16-9-10-17(2)14(16)13(18-3)15-11-12-7-5-4-6-8-12/h4-10H,11H2,1-3H3/q+1/b15-13-. The fraction of sp³-hybridized carbons (Fsp3) is 0.286. The van der Waals surface area contributed by atoms with Crippen molar-refractivity contribution in [2.45, 2.75) is 6.54 Å². The molecular formula is C14H18N3O+. The predicted octanol–water partition coefficient (Wildman–Crippen LogP) is 1.44. The van der Waals surface area contributed by atoms with Gasteiger partial charge in [0.25, 0.3) is 0 Å². The summed E-state index contributed by atoms with van der Waals surface area (Å²) in [6.07, 6.45) is 3.96. The van der Waals surface area contributed by atoms with Gasteiger partial charge in [-0.2, -0.15) is 0 Å². The van der Waals surface area contributed by atoms with Crippen molar-refractivity contribution in [3.63, 3.8) is 0 Å². The number of rotatable bonds is 3. The summed E-state index contributed by atoms with van der Waals surface area (Å²) >= 11 is 0. The van der Waals surface area contributed by atoms with Crippen molar-refractivity contribution in [2.75, 3.05) is 7.11 Å². The minimum absolute atomic E-state index is 0.620. The first-order valence-corrected chi connectivity index (χ1v) is 5.86. The first-order valence-electron chi connectivity index (χ1n) is 5.86. The number of imidazole rings is 1. The maximum atomic E-state index is 5.39. The molecule has 1 aromatic heterocycles. The zero-order valence-electron chi connectivity index (χ0n) is 11.0. The molecule has 2 aromatic rings. The van der Waals surface area contributed by atoms with E-state index in [1.165, 1.54) is 5.56 Å². The lowest BCUT2D eigenvalue weighted by molar-refractivity contribution is -0.672. The van der Waals surface area contributed by atoms with Crippen molar-refractivity contribution in [3.05, 3.63) is 54.1 Å². The Bertz CT molecular complexity index is 524. The SMILES string of the molecule is CO/C(=N\Cc1ccccc1)c1n(C)cc[n+]1C. The smallest absolute Gasteiger partial charge is 0.344 e. The lowest BCUT2D eigenvalue weighted by Gasteiger charge is -2.03. The van der Waals surface area contributed by atoms with Crippen molar-refractivity contribution in [1.29, 1.82) is 0 Å². The molecule has 0 saturated carbocycles. The van der Waals surface area contributed by atoms with Gasteiger partial charge in [-0.05, 0) is 5.56 Å². The van der Waals surface area contributed by atoms with Gasteiger partial charge in [-0.1, -0.05) is 30.3 Å². The summed E-state index contributed by atoms with van der Waals surface area (Å²) in [5, 5.41) is 0. The summed E-state index contributed by atoms with van der Waals surface area (Å²) in [7, 11) is 5.61. The molecule has 0 aliphatic carbocycles. The van der Waals surface area contributed by atoms with Crippen LogP contribution in [0.5, 0.6) is 0 Å². The summed E-state index contributed by atoms with van der Waals surface area (Å²) in [4.78, 5) is 4.53. The van der Waals surface area contributed by atoms with Crippen molar-refractivity contribution in [3.8, 4) is 0 Å². The first-order chi connectivity index (χ1) is 8.72. The van der Waals surface area contributed by atoms with Gasteiger partial charge in [-0.3, -0.25) is 0 Å². The Morgan fingerprint density at radius 3 is 2.61 bits per heavy atom. The van der Waals surface area contributed by atoms with Crippen molar-refractivity contribution in [1.82, 2.24) is 4.57 Å². The molecule has 0 spiro atoms. The minimum atomic E-state index is 0.620. The maximum Gasteiger partial charge on any atom is 0.344 e. The quantitative estimate of drug-likeness (QED) is 0.456. The van der Waals surface area contributed by atoms with Gasteiger partial charge in [0.2, 0.25) is 0 Å². The Hall–Kier alpha value is -2.10. The number of hydrogen-bond acceptors (Lipinski definition) is 2. The zero-order valence-corrected chi connectivity index (χ0v) is 11.0. The summed E-state index contributed by atoms with van der Waals surface area (Å²) in [5.41, 5.74) is 1.17. The lowest BCUT2D eigenvalue weighted by atomic mass is 10.2. The van der Waals surface area contributed by atoms with Gasteiger partial charge in [0.15, 0.2) is 0 Å². The Morgan fingerprint density at radius 2 is 2.06 bits per heavy atom. The van der Waals surface area contributed by atoms with Crippen LogP contribution in [0, 0.1) is 0 Å². The number of aliphatic imine (C=N–C) groups is 1. The van der Waals surface area contributed by atoms with E-state index < -0.39 is 0 Å². The zero-order chi connectivity index (χ0) is 13.0. The second-order valence-corrected chi connectivity index (χ2v) is 4.15. The molecule has 0 amide bonds. The van der Waals surface area contributed by atoms with Crippen LogP contribution < -0.4 is 4.57 Å². The average Bonchev–Trinajstić information content (AvgIpc) is 2.73. The Morgan fingerprint density at radius 1 is 1.33 bits per heavy atom. The van der Waals surface area contributed by atoms with E-state index in [4.69, 9.17) is 4.74 Å². The lowest BCUT2D eigenvalue weighted by Crippen LogP contribution is -2.35. The molecule has 4 nitrogen and oxygen atoms in total. The van der Waals surface area contributed by atoms with Gasteiger partial charge in [0.1, 0.15) is 12.4 Å². The molecular weight excluding hydrogens is 226 g/mol. The number of aromatic nitrogens is 2. The third-order valence-corrected chi connectivity index (χ3v) is 2.81. The second kappa shape index (κ2) is 5.49. The summed E-state index contributed by atoms with van der Waals surface area (Å²) in [6.45, 7) is 0.620. The fourth-order valence-corrected chi connectivity index (χ4v) is 1.86. The molecule has 94 valence electrons. The summed E-state index contributed by atoms with van der Waals surface area (Å²) in [6, 6.07) is 10.1. The highest BCUT2D eigenvalue weighted by Gasteiger charge is 2.19. The molecule has 0 radical (unpaired) electrons. The second-order valence-electron chi connectivity index (χ2n) is 4.15. The Kier molecular flexibility index (Phi) is 3.77. The monoisotopic (exact) mass is 244 g/mol. The van der Waals surface area contributed by atoms with E-state index in [1.807, 2.05) is 53.8 Å². The molecule has 1 aromatic carbocycles. The van der Waals surface area contributed by atoms with E-state index in [1.54, 1.807) is 7.11 Å². The van der Waals surface area contributed by atoms with E-state index in [0.717, 1.165) is 5.82 Å². The van der Waals surface area contributed by atoms with Gasteiger partial charge in [0, 0.05) is 0 Å². The summed E-state index contributed by atoms with van der Waals surface area (Å²) in [5.74, 6) is 1.60. The van der Waals surface area contributed by atoms with Crippen LogP contribution in [0.15, 0.2) is 47.7 Å². The minimum Gasteiger partial charge on any atom is -0.475 e. The Balaban J connectivity index is 2.24. The van der Waals surface area contributed by atoms with E-state index in [0.29, 0.717) is 12.4 Å². The van der Waals surface area contributed by atoms with Gasteiger partial charge in [0.05, 0.1) is 27.7 Å². The summed E-state index contributed by atoms with van der Waals surface area (Å²) < 4.78 is 9.37. The molecule has 4 heteroatoms. The van der Waals surface area contributed by atoms with E-state index in [2.05, 4.69) is 17.1 Å². The van der Waals surface area contributed by atoms with Gasteiger partial charge in [-0.25, -0.2) is 14.1 Å². The fourth-order valence-electron chi connectivity index (χ4n) is 1.86. The molecule has 0 N–H and O–H groups in total. The predicted molar refractivity (Wildman–Crippen MR) is 70.3 cm³/mol. The largest absolute Gasteiger partial charge is 0.475 e. The van der Waals surface area contributed by atoms with Crippen LogP contribution in [0.4, 0.5) is 0 Å². The van der Waals surface area contributed by atoms with Gasteiger partial charge < -0.3 is 4.74 Å². The average molecular weight is 244 g/mol. The van der Waals surface area contributed by atoms with Crippen LogP contribution in [0.25, 0.3) is 0 Å². The number of nitrogens with zero attached hydrogens (tertiary/aromatic N) is 3. The van der Waals surface area contributed by atoms with Crippen molar-refractivity contribution < 1.29 is 9.30 Å². The third kappa shape index (κ3) is 2.59. The van der Waals surface area contributed by atoms with E-state index in [9.17, 15) is 0 Å². The third-order valence-electron chi connectivity index (χ3n) is 2.81. The number of methoxy groups -OCH3 is 1. The number of ether oxygens (including phenoxy) is 1. The first kappa shape index (κ1) is 12.4. The van der Waals surface area contributed by atoms with Crippen LogP contribution >= 0.6 is 0 Å². The van der Waals surface area contributed by atoms with Gasteiger partial charge in [-0.15, -0.1) is 0 Å². The van der Waals surface area contributed by atoms with Crippen LogP contribution in [0.3, 0.4) is 0 Å². The molecule has 0 fully saturated rings. The molecule has 0 atom stereocenters. The van der Waals surface area contributed by atoms with Gasteiger partial charge >= 0.3 is 11.7 Å². The molecule has 0 aliphatic rings. The van der Waals surface area contributed by atoms with Crippen LogP contribution in [0.1, 0.15) is 11.4 Å². The molecule has 1 heterocycles. The molecule has 0 aliphatic heterocycles. The topological polar surface area (TPSA) is 30.4 Å². The number of aryl methyl sites for hydroxylation is 2. The highest BCUT2D eigenvalue weighted by Crippen LogP contribution is 2.03. The van der Waals surface area contributed by atoms with Crippen LogP contribution in [0.2, 0.25) is 0 Å². The van der Waals surface area contributed by atoms with Crippen LogP contribution in [-0.2, 0) is 25.4 Å². The van der Waals surface area contributed by atoms with Crippen LogP contribution in [-0.4, -0.2) is 17.6 Å². The van der Waals surface area contributed by atoms with Crippen molar-refractivity contribution >= 4 is 5.90 Å². The molecule has 0 saturated heterocycles. The normalized spacial score (nSPS) is 11.6. The highest BCUT2D eigenvalue weighted by atomic mass is 16.5. The number of hydrogen-bond donors (Lipinski definition) is 0. The number of benzene rings is 1. The Labute approximate surface area is 107 Å². The molecule has 0 bridgehead atoms. The molecule has 18 heavy (non-hydrogen) atoms. The maximum absolute atomic E-state index is 5.39. The van der Waals surface area contributed by atoms with E-state index >= 15 is 0 Å².